The van der Waals surface area contributed by atoms with Crippen LogP contribution < -0.4 is 0 Å². The summed E-state index contributed by atoms with van der Waals surface area (Å²) in [5, 5.41) is 6.92. The van der Waals surface area contributed by atoms with Gasteiger partial charge < -0.3 is 4.42 Å². The molecule has 3 aromatic heterocycles. The van der Waals surface area contributed by atoms with Crippen molar-refractivity contribution < 1.29 is 4.42 Å². The van der Waals surface area contributed by atoms with Crippen LogP contribution in [0.2, 0.25) is 0 Å². The summed E-state index contributed by atoms with van der Waals surface area (Å²) in [6.07, 6.45) is 1.91. The van der Waals surface area contributed by atoms with Gasteiger partial charge in [0.25, 0.3) is 0 Å². The molecule has 0 radical (unpaired) electrons. The Balaban J connectivity index is 1.26. The quantitative estimate of drug-likeness (QED) is 0.174. The van der Waals surface area contributed by atoms with Crippen LogP contribution in [0, 0.1) is 0 Å². The largest absolute Gasteiger partial charge is 0.438 e. The topological polar surface area (TPSA) is 51.8 Å². The maximum Gasteiger partial charge on any atom is 0.227 e. The summed E-state index contributed by atoms with van der Waals surface area (Å²) in [7, 11) is 0. The Labute approximate surface area is 294 Å². The Morgan fingerprint density at radius 1 is 0.373 bits per heavy atom. The second-order valence-electron chi connectivity index (χ2n) is 12.8. The predicted molar refractivity (Wildman–Crippen MR) is 209 cm³/mol. The highest BCUT2D eigenvalue weighted by Gasteiger charge is 2.18. The highest BCUT2D eigenvalue weighted by molar-refractivity contribution is 6.14. The van der Waals surface area contributed by atoms with Gasteiger partial charge in [-0.05, 0) is 68.6 Å². The van der Waals surface area contributed by atoms with E-state index in [0.29, 0.717) is 11.5 Å². The lowest BCUT2D eigenvalue weighted by molar-refractivity contribution is 0.654. The smallest absolute Gasteiger partial charge is 0.227 e. The number of benzene rings is 7. The van der Waals surface area contributed by atoms with Gasteiger partial charge in [0.1, 0.15) is 5.58 Å². The van der Waals surface area contributed by atoms with Crippen molar-refractivity contribution in [2.45, 2.75) is 0 Å². The predicted octanol–water partition coefficient (Wildman–Crippen LogP) is 12.4. The molecule has 0 unspecified atom stereocenters. The van der Waals surface area contributed by atoms with E-state index in [1.807, 2.05) is 60.8 Å². The maximum absolute atomic E-state index is 6.11. The summed E-state index contributed by atoms with van der Waals surface area (Å²) in [5.41, 5.74) is 10.4. The fourth-order valence-electron chi connectivity index (χ4n) is 7.28. The summed E-state index contributed by atoms with van der Waals surface area (Å²) in [6.45, 7) is 0. The zero-order chi connectivity index (χ0) is 33.7. The molecule has 0 amide bonds. The molecule has 0 N–H and O–H groups in total. The van der Waals surface area contributed by atoms with Crippen LogP contribution in [-0.2, 0) is 0 Å². The highest BCUT2D eigenvalue weighted by atomic mass is 16.3. The molecule has 7 aromatic carbocycles. The first kappa shape index (κ1) is 29.0. The van der Waals surface area contributed by atoms with Gasteiger partial charge in [0.15, 0.2) is 5.82 Å². The van der Waals surface area contributed by atoms with Crippen LogP contribution in [-0.4, -0.2) is 15.0 Å². The van der Waals surface area contributed by atoms with Crippen molar-refractivity contribution in [1.82, 2.24) is 15.0 Å². The van der Waals surface area contributed by atoms with Crippen molar-refractivity contribution in [3.05, 3.63) is 176 Å². The number of nitrogens with zero attached hydrogens (tertiary/aromatic N) is 3. The summed E-state index contributed by atoms with van der Waals surface area (Å²) >= 11 is 0. The zero-order valence-corrected chi connectivity index (χ0v) is 27.5. The molecule has 0 fully saturated rings. The molecule has 0 saturated heterocycles. The summed E-state index contributed by atoms with van der Waals surface area (Å²) in [5.74, 6) is 0.675. The van der Waals surface area contributed by atoms with Crippen molar-refractivity contribution >= 4 is 43.6 Å². The van der Waals surface area contributed by atoms with E-state index < -0.39 is 0 Å². The van der Waals surface area contributed by atoms with Gasteiger partial charge in [-0.15, -0.1) is 0 Å². The molecule has 0 bridgehead atoms. The van der Waals surface area contributed by atoms with Crippen LogP contribution in [0.25, 0.3) is 99.8 Å². The summed E-state index contributed by atoms with van der Waals surface area (Å²) in [6, 6.07) is 59.3. The maximum atomic E-state index is 6.11. The molecule has 0 atom stereocenters. The van der Waals surface area contributed by atoms with Crippen molar-refractivity contribution in [3.8, 4) is 56.2 Å². The third kappa shape index (κ3) is 5.04. The average molecular weight is 652 g/mol. The first-order valence-electron chi connectivity index (χ1n) is 17.1. The number of hydrogen-bond donors (Lipinski definition) is 0. The van der Waals surface area contributed by atoms with E-state index in [4.69, 9.17) is 19.4 Å². The molecule has 238 valence electrons. The van der Waals surface area contributed by atoms with Crippen LogP contribution in [0.5, 0.6) is 0 Å². The Bertz CT molecular complexity index is 2860. The number of fused-ring (bicyclic) bond motifs is 6. The van der Waals surface area contributed by atoms with Gasteiger partial charge in [-0.3, -0.25) is 0 Å². The SMILES string of the molecule is c1ccc(-c2cc(-c3cc(-c4cc5ccccc5c5ccccc45)ccc3-c3cnc4oc5ccccc5c4c3)nc(-c3ccccc3)n2)cc1. The minimum absolute atomic E-state index is 0.625. The fraction of sp³-hybridized carbons (Fsp3) is 0. The third-order valence-corrected chi connectivity index (χ3v) is 9.75. The Kier molecular flexibility index (Phi) is 6.78. The molecule has 0 aliphatic carbocycles. The first-order valence-corrected chi connectivity index (χ1v) is 17.1. The average Bonchev–Trinajstić information content (AvgIpc) is 3.59. The lowest BCUT2D eigenvalue weighted by atomic mass is 9.89. The second-order valence-corrected chi connectivity index (χ2v) is 12.8. The first-order chi connectivity index (χ1) is 25.3. The number of hydrogen-bond acceptors (Lipinski definition) is 4. The molecule has 0 spiro atoms. The minimum atomic E-state index is 0.625. The normalized spacial score (nSPS) is 11.5. The number of rotatable bonds is 5. The Morgan fingerprint density at radius 3 is 1.86 bits per heavy atom. The number of furan rings is 1. The lowest BCUT2D eigenvalue weighted by Gasteiger charge is -2.16. The number of pyridine rings is 1. The molecule has 0 saturated carbocycles. The van der Waals surface area contributed by atoms with Crippen molar-refractivity contribution in [3.63, 3.8) is 0 Å². The Morgan fingerprint density at radius 2 is 1.04 bits per heavy atom. The van der Waals surface area contributed by atoms with E-state index in [1.54, 1.807) is 0 Å². The van der Waals surface area contributed by atoms with Crippen LogP contribution in [0.4, 0.5) is 0 Å². The number of para-hydroxylation sites is 1. The minimum Gasteiger partial charge on any atom is -0.438 e. The molecule has 51 heavy (non-hydrogen) atoms. The van der Waals surface area contributed by atoms with Gasteiger partial charge in [0.2, 0.25) is 5.71 Å². The zero-order valence-electron chi connectivity index (χ0n) is 27.5. The van der Waals surface area contributed by atoms with Crippen molar-refractivity contribution in [2.24, 2.45) is 0 Å². The molecular formula is C47H29N3O. The van der Waals surface area contributed by atoms with E-state index in [-0.39, 0.29) is 0 Å². The molecule has 0 aliphatic heterocycles. The van der Waals surface area contributed by atoms with Crippen LogP contribution in [0.1, 0.15) is 0 Å². The molecular weight excluding hydrogens is 623 g/mol. The van der Waals surface area contributed by atoms with E-state index in [1.165, 1.54) is 27.1 Å². The van der Waals surface area contributed by atoms with Gasteiger partial charge in [0, 0.05) is 39.2 Å². The van der Waals surface area contributed by atoms with Crippen LogP contribution >= 0.6 is 0 Å². The standard InChI is InChI=1S/C47H29N3O/c1-3-13-30(14-4-1)43-28-44(50-46(49-43)31-15-5-2-6-16-31)41-26-33(40-25-32-17-7-8-18-35(32)37-19-9-10-20-38(37)40)23-24-36(41)34-27-42-39-21-11-12-22-45(39)51-47(42)48-29-34/h1-29H. The molecule has 10 aromatic rings. The van der Waals surface area contributed by atoms with Crippen molar-refractivity contribution in [1.29, 1.82) is 0 Å². The molecule has 10 rings (SSSR count). The van der Waals surface area contributed by atoms with Gasteiger partial charge in [-0.1, -0.05) is 140 Å². The monoisotopic (exact) mass is 651 g/mol. The molecule has 3 heterocycles. The highest BCUT2D eigenvalue weighted by Crippen LogP contribution is 2.41. The molecule has 0 aliphatic rings. The Hall–Kier alpha value is -6.91. The van der Waals surface area contributed by atoms with Gasteiger partial charge in [-0.2, -0.15) is 0 Å². The van der Waals surface area contributed by atoms with Crippen LogP contribution in [0.3, 0.4) is 0 Å². The lowest BCUT2D eigenvalue weighted by Crippen LogP contribution is -1.97. The summed E-state index contributed by atoms with van der Waals surface area (Å²) < 4.78 is 6.11. The van der Waals surface area contributed by atoms with Gasteiger partial charge in [-0.25, -0.2) is 15.0 Å². The van der Waals surface area contributed by atoms with E-state index >= 15 is 0 Å². The van der Waals surface area contributed by atoms with E-state index in [2.05, 4.69) is 115 Å². The molecule has 4 heteroatoms. The van der Waals surface area contributed by atoms with Crippen molar-refractivity contribution in [2.75, 3.05) is 0 Å². The van der Waals surface area contributed by atoms with E-state index in [9.17, 15) is 0 Å². The second kappa shape index (κ2) is 11.9. The number of aromatic nitrogens is 3. The van der Waals surface area contributed by atoms with Crippen LogP contribution in [0.15, 0.2) is 180 Å². The third-order valence-electron chi connectivity index (χ3n) is 9.75. The fourth-order valence-corrected chi connectivity index (χ4v) is 7.28. The summed E-state index contributed by atoms with van der Waals surface area (Å²) in [4.78, 5) is 15.2. The van der Waals surface area contributed by atoms with E-state index in [0.717, 1.165) is 61.1 Å². The van der Waals surface area contributed by atoms with Gasteiger partial charge >= 0.3 is 0 Å². The molecule has 4 nitrogen and oxygen atoms in total. The van der Waals surface area contributed by atoms with Gasteiger partial charge in [0.05, 0.1) is 11.4 Å².